The topological polar surface area (TPSA) is 68.9 Å². The Morgan fingerprint density at radius 2 is 1.95 bits per heavy atom. The maximum Gasteiger partial charge on any atom is 0.161 e. The normalized spacial score (nSPS) is 11.7. The molecular weight excluding hydrogens is 297 g/mol. The maximum atomic E-state index is 10.1. The van der Waals surface area contributed by atoms with E-state index in [1.54, 1.807) is 36.4 Å². The van der Waals surface area contributed by atoms with Crippen molar-refractivity contribution < 1.29 is 5.11 Å². The third kappa shape index (κ3) is 3.40. The standard InChI is InChI=1S/C14H11Cl2N3O/c15-10-4-2-1-3-9(10)13(20)8-18-14-6-5-11(16)12(7-17)19-14/h1-6,13,20H,8H2,(H,18,19). The second-order valence-electron chi connectivity index (χ2n) is 4.06. The lowest BCUT2D eigenvalue weighted by atomic mass is 10.1. The molecule has 1 heterocycles. The van der Waals surface area contributed by atoms with Gasteiger partial charge >= 0.3 is 0 Å². The first-order valence-electron chi connectivity index (χ1n) is 5.85. The number of benzene rings is 1. The Balaban J connectivity index is 2.06. The number of rotatable bonds is 4. The van der Waals surface area contributed by atoms with E-state index in [2.05, 4.69) is 10.3 Å². The third-order valence-electron chi connectivity index (χ3n) is 2.69. The van der Waals surface area contributed by atoms with Crippen LogP contribution >= 0.6 is 23.2 Å². The summed E-state index contributed by atoms with van der Waals surface area (Å²) in [4.78, 5) is 4.03. The first kappa shape index (κ1) is 14.6. The van der Waals surface area contributed by atoms with Gasteiger partial charge in [-0.2, -0.15) is 5.26 Å². The highest BCUT2D eigenvalue weighted by Crippen LogP contribution is 2.23. The molecule has 1 aromatic heterocycles. The molecule has 0 aliphatic carbocycles. The predicted octanol–water partition coefficient (Wildman–Crippen LogP) is 3.41. The molecule has 0 amide bonds. The molecule has 0 aliphatic heterocycles. The van der Waals surface area contributed by atoms with Gasteiger partial charge < -0.3 is 10.4 Å². The predicted molar refractivity (Wildman–Crippen MR) is 78.9 cm³/mol. The second-order valence-corrected chi connectivity index (χ2v) is 4.87. The number of halogens is 2. The van der Waals surface area contributed by atoms with Crippen molar-refractivity contribution in [2.75, 3.05) is 11.9 Å². The van der Waals surface area contributed by atoms with E-state index in [-0.39, 0.29) is 12.2 Å². The molecule has 6 heteroatoms. The SMILES string of the molecule is N#Cc1nc(NCC(O)c2ccccc2Cl)ccc1Cl. The summed E-state index contributed by atoms with van der Waals surface area (Å²) in [5.74, 6) is 0.469. The van der Waals surface area contributed by atoms with Crippen LogP contribution in [0, 0.1) is 11.3 Å². The lowest BCUT2D eigenvalue weighted by molar-refractivity contribution is 0.191. The van der Waals surface area contributed by atoms with Crippen LogP contribution in [0.4, 0.5) is 5.82 Å². The van der Waals surface area contributed by atoms with Gasteiger partial charge in [0, 0.05) is 17.1 Å². The van der Waals surface area contributed by atoms with Gasteiger partial charge in [0.2, 0.25) is 0 Å². The summed E-state index contributed by atoms with van der Waals surface area (Å²) in [5, 5.41) is 22.7. The number of aliphatic hydroxyl groups excluding tert-OH is 1. The molecular formula is C14H11Cl2N3O. The molecule has 0 spiro atoms. The molecule has 2 aromatic rings. The molecule has 0 radical (unpaired) electrons. The van der Waals surface area contributed by atoms with Crippen molar-refractivity contribution in [3.63, 3.8) is 0 Å². The zero-order valence-electron chi connectivity index (χ0n) is 10.3. The number of nitrogens with zero attached hydrogens (tertiary/aromatic N) is 2. The lowest BCUT2D eigenvalue weighted by Crippen LogP contribution is -2.13. The van der Waals surface area contributed by atoms with E-state index >= 15 is 0 Å². The van der Waals surface area contributed by atoms with Crippen LogP contribution in [-0.4, -0.2) is 16.6 Å². The summed E-state index contributed by atoms with van der Waals surface area (Å²) in [7, 11) is 0. The molecule has 2 N–H and O–H groups in total. The Labute approximate surface area is 126 Å². The van der Waals surface area contributed by atoms with Crippen LogP contribution in [0.5, 0.6) is 0 Å². The molecule has 0 fully saturated rings. The van der Waals surface area contributed by atoms with Crippen molar-refractivity contribution in [1.29, 1.82) is 5.26 Å². The van der Waals surface area contributed by atoms with Crippen LogP contribution in [-0.2, 0) is 0 Å². The second kappa shape index (κ2) is 6.58. The van der Waals surface area contributed by atoms with Crippen LogP contribution in [0.3, 0.4) is 0 Å². The molecule has 1 unspecified atom stereocenters. The molecule has 0 saturated heterocycles. The number of pyridine rings is 1. The summed E-state index contributed by atoms with van der Waals surface area (Å²) in [6.07, 6.45) is -0.772. The van der Waals surface area contributed by atoms with Gasteiger partial charge in [-0.1, -0.05) is 41.4 Å². The zero-order valence-corrected chi connectivity index (χ0v) is 11.9. The number of aliphatic hydroxyl groups is 1. The molecule has 2 rings (SSSR count). The number of nitriles is 1. The molecule has 0 aliphatic rings. The minimum atomic E-state index is -0.772. The van der Waals surface area contributed by atoms with Gasteiger partial charge in [-0.25, -0.2) is 4.98 Å². The van der Waals surface area contributed by atoms with Crippen LogP contribution < -0.4 is 5.32 Å². The Morgan fingerprint density at radius 3 is 2.65 bits per heavy atom. The summed E-state index contributed by atoms with van der Waals surface area (Å²) < 4.78 is 0. The number of anilines is 1. The van der Waals surface area contributed by atoms with Gasteiger partial charge in [-0.05, 0) is 18.2 Å². The highest BCUT2D eigenvalue weighted by molar-refractivity contribution is 6.31. The highest BCUT2D eigenvalue weighted by atomic mass is 35.5. The van der Waals surface area contributed by atoms with E-state index in [0.717, 1.165) is 0 Å². The Bertz CT molecular complexity index is 655. The summed E-state index contributed by atoms with van der Waals surface area (Å²) in [6, 6.07) is 12.2. The molecule has 4 nitrogen and oxygen atoms in total. The number of aromatic nitrogens is 1. The van der Waals surface area contributed by atoms with Crippen LogP contribution in [0.15, 0.2) is 36.4 Å². The first-order valence-corrected chi connectivity index (χ1v) is 6.60. The van der Waals surface area contributed by atoms with Gasteiger partial charge in [0.25, 0.3) is 0 Å². The van der Waals surface area contributed by atoms with Crippen molar-refractivity contribution in [3.05, 3.63) is 57.7 Å². The average Bonchev–Trinajstić information content (AvgIpc) is 2.46. The summed E-state index contributed by atoms with van der Waals surface area (Å²) in [5.41, 5.74) is 0.778. The fourth-order valence-corrected chi connectivity index (χ4v) is 2.08. The quantitative estimate of drug-likeness (QED) is 0.908. The summed E-state index contributed by atoms with van der Waals surface area (Å²) >= 11 is 11.8. The van der Waals surface area contributed by atoms with Gasteiger partial charge in [-0.3, -0.25) is 0 Å². The monoisotopic (exact) mass is 307 g/mol. The van der Waals surface area contributed by atoms with Gasteiger partial charge in [-0.15, -0.1) is 0 Å². The fraction of sp³-hybridized carbons (Fsp3) is 0.143. The minimum absolute atomic E-state index is 0.142. The van der Waals surface area contributed by atoms with Gasteiger partial charge in [0.05, 0.1) is 11.1 Å². The first-order chi connectivity index (χ1) is 9.61. The smallest absolute Gasteiger partial charge is 0.161 e. The fourth-order valence-electron chi connectivity index (χ4n) is 1.68. The van der Waals surface area contributed by atoms with E-state index in [9.17, 15) is 5.11 Å². The molecule has 0 bridgehead atoms. The van der Waals surface area contributed by atoms with E-state index in [1.165, 1.54) is 0 Å². The Morgan fingerprint density at radius 1 is 1.20 bits per heavy atom. The van der Waals surface area contributed by atoms with Crippen LogP contribution in [0.2, 0.25) is 10.0 Å². The number of hydrogen-bond acceptors (Lipinski definition) is 4. The molecule has 1 atom stereocenters. The summed E-state index contributed by atoms with van der Waals surface area (Å²) in [6.45, 7) is 0.225. The Kier molecular flexibility index (Phi) is 4.80. The van der Waals surface area contributed by atoms with Gasteiger partial charge in [0.15, 0.2) is 5.69 Å². The van der Waals surface area contributed by atoms with E-state index in [4.69, 9.17) is 28.5 Å². The van der Waals surface area contributed by atoms with Crippen molar-refractivity contribution >= 4 is 29.0 Å². The highest BCUT2D eigenvalue weighted by Gasteiger charge is 2.11. The minimum Gasteiger partial charge on any atom is -0.387 e. The average molecular weight is 308 g/mol. The number of hydrogen-bond donors (Lipinski definition) is 2. The van der Waals surface area contributed by atoms with Crippen molar-refractivity contribution in [2.45, 2.75) is 6.10 Å². The van der Waals surface area contributed by atoms with E-state index in [1.807, 2.05) is 6.07 Å². The van der Waals surface area contributed by atoms with Crippen LogP contribution in [0.25, 0.3) is 0 Å². The maximum absolute atomic E-state index is 10.1. The largest absolute Gasteiger partial charge is 0.387 e. The Hall–Kier alpha value is -1.80. The lowest BCUT2D eigenvalue weighted by Gasteiger charge is -2.14. The van der Waals surface area contributed by atoms with E-state index in [0.29, 0.717) is 21.4 Å². The van der Waals surface area contributed by atoms with Crippen LogP contribution in [0.1, 0.15) is 17.4 Å². The van der Waals surface area contributed by atoms with Gasteiger partial charge in [0.1, 0.15) is 11.9 Å². The molecule has 20 heavy (non-hydrogen) atoms. The molecule has 0 saturated carbocycles. The van der Waals surface area contributed by atoms with Crippen molar-refractivity contribution in [2.24, 2.45) is 0 Å². The van der Waals surface area contributed by atoms with E-state index < -0.39 is 6.10 Å². The number of nitrogens with one attached hydrogen (secondary N) is 1. The van der Waals surface area contributed by atoms with Crippen molar-refractivity contribution in [1.82, 2.24) is 4.98 Å². The molecule has 1 aromatic carbocycles. The third-order valence-corrected chi connectivity index (χ3v) is 3.34. The molecule has 102 valence electrons. The van der Waals surface area contributed by atoms with Crippen molar-refractivity contribution in [3.8, 4) is 6.07 Å². The zero-order chi connectivity index (χ0) is 14.5.